The minimum absolute atomic E-state index is 0.00195. The van der Waals surface area contributed by atoms with E-state index in [0.29, 0.717) is 5.39 Å². The van der Waals surface area contributed by atoms with E-state index in [-0.39, 0.29) is 32.6 Å². The number of ether oxygens (including phenoxy) is 1. The zero-order valence-corrected chi connectivity index (χ0v) is 17.9. The van der Waals surface area contributed by atoms with Gasteiger partial charge in [-0.2, -0.15) is 13.2 Å². The third kappa shape index (κ3) is 3.82. The Labute approximate surface area is 184 Å². The zero-order valence-electron chi connectivity index (χ0n) is 16.2. The number of hydrogen-bond acceptors (Lipinski definition) is 7. The summed E-state index contributed by atoms with van der Waals surface area (Å²) in [5, 5.41) is 12.4. The lowest BCUT2D eigenvalue weighted by Crippen LogP contribution is -2.27. The number of fused-ring (bicyclic) bond motifs is 1. The maximum absolute atomic E-state index is 13.7. The number of rotatable bonds is 5. The van der Waals surface area contributed by atoms with Gasteiger partial charge in [-0.05, 0) is 30.3 Å². The number of halogens is 3. The van der Waals surface area contributed by atoms with Gasteiger partial charge in [0.25, 0.3) is 10.0 Å². The largest absolute Gasteiger partial charge is 0.506 e. The van der Waals surface area contributed by atoms with Gasteiger partial charge in [0.15, 0.2) is 0 Å². The van der Waals surface area contributed by atoms with Crippen molar-refractivity contribution in [3.05, 3.63) is 65.9 Å². The molecule has 2 aromatic carbocycles. The predicted octanol–water partition coefficient (Wildman–Crippen LogP) is 4.95. The fraction of sp³-hybridized carbons (Fsp3) is 0.100. The first-order chi connectivity index (χ1) is 15.1. The molecule has 0 aliphatic rings. The molecule has 0 amide bonds. The molecule has 2 heterocycles. The van der Waals surface area contributed by atoms with Crippen LogP contribution in [-0.4, -0.2) is 30.6 Å². The highest BCUT2D eigenvalue weighted by atomic mass is 32.2. The van der Waals surface area contributed by atoms with Crippen LogP contribution in [0.25, 0.3) is 10.8 Å². The molecule has 0 aliphatic carbocycles. The highest BCUT2D eigenvalue weighted by Gasteiger charge is 2.35. The maximum Gasteiger partial charge on any atom is 0.416 e. The second-order valence-electron chi connectivity index (χ2n) is 6.51. The minimum Gasteiger partial charge on any atom is -0.506 e. The van der Waals surface area contributed by atoms with E-state index >= 15 is 0 Å². The number of alkyl halides is 3. The Bertz CT molecular complexity index is 1390. The molecule has 0 radical (unpaired) electrons. The average Bonchev–Trinajstić information content (AvgIpc) is 3.27. The first-order valence-electron chi connectivity index (χ1n) is 8.89. The van der Waals surface area contributed by atoms with Gasteiger partial charge in [-0.25, -0.2) is 17.7 Å². The zero-order chi connectivity index (χ0) is 23.1. The SMILES string of the molecule is COc1cc(C(F)(F)F)ccc1N(c1nccs1)S(=O)(=O)c1ccc2cncc(O)c2c1. The number of benzene rings is 2. The minimum atomic E-state index is -4.64. The molecule has 7 nitrogen and oxygen atoms in total. The van der Waals surface area contributed by atoms with Crippen molar-refractivity contribution in [2.75, 3.05) is 11.4 Å². The number of aromatic nitrogens is 2. The van der Waals surface area contributed by atoms with Crippen molar-refractivity contribution in [3.63, 3.8) is 0 Å². The number of sulfonamides is 1. The number of aromatic hydroxyl groups is 1. The van der Waals surface area contributed by atoms with Crippen LogP contribution in [0, 0.1) is 0 Å². The van der Waals surface area contributed by atoms with Crippen LogP contribution in [-0.2, 0) is 16.2 Å². The van der Waals surface area contributed by atoms with Crippen LogP contribution < -0.4 is 9.04 Å². The monoisotopic (exact) mass is 481 g/mol. The molecule has 0 bridgehead atoms. The summed E-state index contributed by atoms with van der Waals surface area (Å²) in [6, 6.07) is 6.56. The van der Waals surface area contributed by atoms with Crippen LogP contribution in [0.2, 0.25) is 0 Å². The molecule has 0 spiro atoms. The average molecular weight is 481 g/mol. The molecule has 0 saturated carbocycles. The smallest absolute Gasteiger partial charge is 0.416 e. The van der Waals surface area contributed by atoms with E-state index < -0.39 is 21.8 Å². The van der Waals surface area contributed by atoms with Gasteiger partial charge in [0.05, 0.1) is 23.8 Å². The summed E-state index contributed by atoms with van der Waals surface area (Å²) in [5.41, 5.74) is -1.13. The Morgan fingerprint density at radius 3 is 2.56 bits per heavy atom. The van der Waals surface area contributed by atoms with Crippen molar-refractivity contribution in [1.29, 1.82) is 0 Å². The van der Waals surface area contributed by atoms with Crippen LogP contribution in [0.1, 0.15) is 5.56 Å². The lowest BCUT2D eigenvalue weighted by atomic mass is 10.2. The number of thiazole rings is 1. The van der Waals surface area contributed by atoms with Gasteiger partial charge >= 0.3 is 6.18 Å². The molecular formula is C20H14F3N3O4S2. The Morgan fingerprint density at radius 1 is 1.12 bits per heavy atom. The molecule has 1 N–H and O–H groups in total. The van der Waals surface area contributed by atoms with Crippen molar-refractivity contribution >= 4 is 43.0 Å². The Hall–Kier alpha value is -3.38. The molecule has 166 valence electrons. The molecule has 0 saturated heterocycles. The lowest BCUT2D eigenvalue weighted by molar-refractivity contribution is -0.137. The van der Waals surface area contributed by atoms with Crippen LogP contribution in [0.5, 0.6) is 11.5 Å². The first kappa shape index (κ1) is 21.8. The quantitative estimate of drug-likeness (QED) is 0.434. The van der Waals surface area contributed by atoms with Gasteiger partial charge in [-0.3, -0.25) is 4.98 Å². The van der Waals surface area contributed by atoms with Gasteiger partial charge in [0.2, 0.25) is 5.13 Å². The number of anilines is 2. The van der Waals surface area contributed by atoms with Crippen molar-refractivity contribution < 1.29 is 31.4 Å². The molecular weight excluding hydrogens is 467 g/mol. The van der Waals surface area contributed by atoms with Crippen LogP contribution >= 0.6 is 11.3 Å². The molecule has 0 atom stereocenters. The topological polar surface area (TPSA) is 92.6 Å². The second kappa shape index (κ2) is 7.95. The fourth-order valence-electron chi connectivity index (χ4n) is 3.07. The third-order valence-electron chi connectivity index (χ3n) is 4.57. The summed E-state index contributed by atoms with van der Waals surface area (Å²) < 4.78 is 72.7. The Morgan fingerprint density at radius 2 is 1.91 bits per heavy atom. The molecule has 32 heavy (non-hydrogen) atoms. The summed E-state index contributed by atoms with van der Waals surface area (Å²) in [6.07, 6.45) is -0.628. The fourth-order valence-corrected chi connectivity index (χ4v) is 5.43. The predicted molar refractivity (Wildman–Crippen MR) is 113 cm³/mol. The van der Waals surface area contributed by atoms with E-state index in [2.05, 4.69) is 9.97 Å². The molecule has 4 rings (SSSR count). The summed E-state index contributed by atoms with van der Waals surface area (Å²) in [5.74, 6) is -0.515. The van der Waals surface area contributed by atoms with Crippen molar-refractivity contribution in [3.8, 4) is 11.5 Å². The Kier molecular flexibility index (Phi) is 5.42. The van der Waals surface area contributed by atoms with Crippen LogP contribution in [0.3, 0.4) is 0 Å². The van der Waals surface area contributed by atoms with Crippen molar-refractivity contribution in [2.45, 2.75) is 11.1 Å². The number of hydrogen-bond donors (Lipinski definition) is 1. The van der Waals surface area contributed by atoms with E-state index in [0.717, 1.165) is 41.0 Å². The summed E-state index contributed by atoms with van der Waals surface area (Å²) >= 11 is 0.982. The van der Waals surface area contributed by atoms with Gasteiger partial charge in [0.1, 0.15) is 17.2 Å². The van der Waals surface area contributed by atoms with E-state index in [4.69, 9.17) is 4.74 Å². The summed E-state index contributed by atoms with van der Waals surface area (Å²) in [7, 11) is -3.23. The molecule has 0 aliphatic heterocycles. The summed E-state index contributed by atoms with van der Waals surface area (Å²) in [4.78, 5) is 7.69. The van der Waals surface area contributed by atoms with Gasteiger partial charge in [0, 0.05) is 28.5 Å². The third-order valence-corrected chi connectivity index (χ3v) is 7.14. The number of pyridine rings is 1. The normalized spacial score (nSPS) is 12.1. The molecule has 2 aromatic heterocycles. The van der Waals surface area contributed by atoms with E-state index in [1.54, 1.807) is 0 Å². The Balaban J connectivity index is 1.93. The second-order valence-corrected chi connectivity index (χ2v) is 9.17. The molecule has 4 aromatic rings. The van der Waals surface area contributed by atoms with E-state index in [9.17, 15) is 26.7 Å². The number of nitrogens with zero attached hydrogens (tertiary/aromatic N) is 3. The standard InChI is InChI=1S/C20H14F3N3O4S2/c1-30-18-8-13(20(21,22)23)3-5-16(18)26(19-25-6-7-31-19)32(28,29)14-4-2-12-10-24-11-17(27)15(12)9-14/h2-11,27H,1H3. The summed E-state index contributed by atoms with van der Waals surface area (Å²) in [6.45, 7) is 0. The molecule has 0 fully saturated rings. The van der Waals surface area contributed by atoms with Crippen molar-refractivity contribution in [2.24, 2.45) is 0 Å². The molecule has 12 heteroatoms. The first-order valence-corrected chi connectivity index (χ1v) is 11.2. The maximum atomic E-state index is 13.7. The van der Waals surface area contributed by atoms with Crippen molar-refractivity contribution in [1.82, 2.24) is 9.97 Å². The molecule has 0 unspecified atom stereocenters. The van der Waals surface area contributed by atoms with E-state index in [1.165, 1.54) is 42.2 Å². The van der Waals surface area contributed by atoms with Gasteiger partial charge in [-0.1, -0.05) is 6.07 Å². The highest BCUT2D eigenvalue weighted by Crippen LogP contribution is 2.42. The van der Waals surface area contributed by atoms with Crippen LogP contribution in [0.4, 0.5) is 24.0 Å². The van der Waals surface area contributed by atoms with Crippen LogP contribution in [0.15, 0.2) is 65.3 Å². The van der Waals surface area contributed by atoms with Gasteiger partial charge < -0.3 is 9.84 Å². The number of methoxy groups -OCH3 is 1. The van der Waals surface area contributed by atoms with E-state index in [1.807, 2.05) is 0 Å². The highest BCUT2D eigenvalue weighted by molar-refractivity contribution is 7.93. The lowest BCUT2D eigenvalue weighted by Gasteiger charge is -2.24. The van der Waals surface area contributed by atoms with Gasteiger partial charge in [-0.15, -0.1) is 11.3 Å².